The summed E-state index contributed by atoms with van der Waals surface area (Å²) in [6.45, 7) is 3.88. The number of amides is 1. The van der Waals surface area contributed by atoms with Gasteiger partial charge in [-0.15, -0.1) is 0 Å². The van der Waals surface area contributed by atoms with Gasteiger partial charge < -0.3 is 16.3 Å². The predicted molar refractivity (Wildman–Crippen MR) is 64.5 cm³/mol. The molecule has 0 aromatic heterocycles. The molecule has 0 aromatic carbocycles. The average molecular weight is 239 g/mol. The molecule has 5 nitrogen and oxygen atoms in total. The summed E-state index contributed by atoms with van der Waals surface area (Å²) in [5, 5.41) is 14.6. The number of nitrogens with one attached hydrogen (secondary N) is 1. The standard InChI is InChI=1S/C12H21N3O2/c1-6(2)10(11(13)15-17)14-12(16)9-7-4-3-5-8(7)9/h6-10,17H,3-5H2,1-2H3,(H2,13,15)(H,14,16). The summed E-state index contributed by atoms with van der Waals surface area (Å²) in [5.74, 6) is 1.64. The van der Waals surface area contributed by atoms with Crippen molar-refractivity contribution in [3.8, 4) is 0 Å². The highest BCUT2D eigenvalue weighted by molar-refractivity contribution is 5.91. The van der Waals surface area contributed by atoms with Crippen LogP contribution in [0.3, 0.4) is 0 Å². The molecule has 1 amide bonds. The number of amidine groups is 1. The van der Waals surface area contributed by atoms with E-state index in [2.05, 4.69) is 10.5 Å². The Kier molecular flexibility index (Phi) is 3.26. The van der Waals surface area contributed by atoms with Crippen LogP contribution in [0.5, 0.6) is 0 Å². The molecule has 0 heterocycles. The fourth-order valence-corrected chi connectivity index (χ4v) is 3.10. The van der Waals surface area contributed by atoms with E-state index in [1.165, 1.54) is 19.3 Å². The first-order valence-corrected chi connectivity index (χ1v) is 6.34. The van der Waals surface area contributed by atoms with Gasteiger partial charge >= 0.3 is 0 Å². The number of oxime groups is 1. The van der Waals surface area contributed by atoms with Crippen molar-refractivity contribution in [1.82, 2.24) is 5.32 Å². The second kappa shape index (κ2) is 4.55. The van der Waals surface area contributed by atoms with Crippen molar-refractivity contribution in [2.75, 3.05) is 0 Å². The molecule has 0 saturated heterocycles. The molecule has 2 aliphatic rings. The molecule has 0 aromatic rings. The van der Waals surface area contributed by atoms with Crippen LogP contribution in [0.4, 0.5) is 0 Å². The van der Waals surface area contributed by atoms with E-state index in [0.717, 1.165) is 0 Å². The van der Waals surface area contributed by atoms with Crippen molar-refractivity contribution in [3.63, 3.8) is 0 Å². The van der Waals surface area contributed by atoms with E-state index in [4.69, 9.17) is 10.9 Å². The number of fused-ring (bicyclic) bond motifs is 1. The molecule has 96 valence electrons. The van der Waals surface area contributed by atoms with E-state index < -0.39 is 0 Å². The monoisotopic (exact) mass is 239 g/mol. The number of nitrogens with two attached hydrogens (primary N) is 1. The lowest BCUT2D eigenvalue weighted by Crippen LogP contribution is -2.48. The van der Waals surface area contributed by atoms with E-state index in [1.54, 1.807) is 0 Å². The van der Waals surface area contributed by atoms with E-state index in [-0.39, 0.29) is 29.6 Å². The Balaban J connectivity index is 1.93. The van der Waals surface area contributed by atoms with Crippen LogP contribution in [-0.4, -0.2) is 23.0 Å². The van der Waals surface area contributed by atoms with Gasteiger partial charge in [-0.1, -0.05) is 25.4 Å². The number of rotatable bonds is 4. The summed E-state index contributed by atoms with van der Waals surface area (Å²) in [6, 6.07) is -0.367. The molecule has 2 rings (SSSR count). The van der Waals surface area contributed by atoms with Crippen LogP contribution in [0.25, 0.3) is 0 Å². The Morgan fingerprint density at radius 2 is 2.00 bits per heavy atom. The van der Waals surface area contributed by atoms with Crippen LogP contribution in [0.15, 0.2) is 5.16 Å². The number of hydrogen-bond acceptors (Lipinski definition) is 3. The Bertz CT molecular complexity index is 331. The number of carbonyl (C=O) groups is 1. The number of carbonyl (C=O) groups excluding carboxylic acids is 1. The molecule has 3 atom stereocenters. The lowest BCUT2D eigenvalue weighted by Gasteiger charge is -2.21. The second-order valence-electron chi connectivity index (χ2n) is 5.54. The van der Waals surface area contributed by atoms with E-state index in [1.807, 2.05) is 13.8 Å². The maximum absolute atomic E-state index is 12.1. The Morgan fingerprint density at radius 3 is 2.47 bits per heavy atom. The minimum Gasteiger partial charge on any atom is -0.409 e. The summed E-state index contributed by atoms with van der Waals surface area (Å²) in [5.41, 5.74) is 5.59. The molecule has 2 saturated carbocycles. The van der Waals surface area contributed by atoms with Crippen molar-refractivity contribution in [2.24, 2.45) is 34.6 Å². The zero-order valence-electron chi connectivity index (χ0n) is 10.4. The first kappa shape index (κ1) is 12.2. The van der Waals surface area contributed by atoms with Crippen LogP contribution >= 0.6 is 0 Å². The van der Waals surface area contributed by atoms with Crippen molar-refractivity contribution < 1.29 is 10.0 Å². The summed E-state index contributed by atoms with van der Waals surface area (Å²) >= 11 is 0. The molecular weight excluding hydrogens is 218 g/mol. The van der Waals surface area contributed by atoms with Gasteiger partial charge in [-0.05, 0) is 30.6 Å². The highest BCUT2D eigenvalue weighted by atomic mass is 16.4. The number of nitrogens with zero attached hydrogens (tertiary/aromatic N) is 1. The van der Waals surface area contributed by atoms with Gasteiger partial charge in [0.25, 0.3) is 0 Å². The fraction of sp³-hybridized carbons (Fsp3) is 0.833. The minimum absolute atomic E-state index is 0.0741. The first-order chi connectivity index (χ1) is 8.06. The molecule has 0 radical (unpaired) electrons. The van der Waals surface area contributed by atoms with Gasteiger partial charge in [-0.25, -0.2) is 0 Å². The van der Waals surface area contributed by atoms with Gasteiger partial charge in [-0.3, -0.25) is 4.79 Å². The summed E-state index contributed by atoms with van der Waals surface area (Å²) in [4.78, 5) is 12.1. The van der Waals surface area contributed by atoms with Crippen LogP contribution in [0.2, 0.25) is 0 Å². The van der Waals surface area contributed by atoms with Crippen molar-refractivity contribution in [3.05, 3.63) is 0 Å². The van der Waals surface area contributed by atoms with E-state index >= 15 is 0 Å². The minimum atomic E-state index is -0.367. The molecule has 5 heteroatoms. The van der Waals surface area contributed by atoms with Crippen LogP contribution < -0.4 is 11.1 Å². The highest BCUT2D eigenvalue weighted by Crippen LogP contribution is 2.57. The SMILES string of the molecule is CC(C)C(NC(=O)C1C2CCCC21)C(N)=NO. The maximum atomic E-state index is 12.1. The van der Waals surface area contributed by atoms with Crippen molar-refractivity contribution >= 4 is 11.7 Å². The number of hydrogen-bond donors (Lipinski definition) is 3. The zero-order chi connectivity index (χ0) is 12.6. The third kappa shape index (κ3) is 2.23. The highest BCUT2D eigenvalue weighted by Gasteiger charge is 2.56. The zero-order valence-corrected chi connectivity index (χ0v) is 10.4. The normalized spacial score (nSPS) is 33.4. The van der Waals surface area contributed by atoms with Gasteiger partial charge in [0.2, 0.25) is 5.91 Å². The van der Waals surface area contributed by atoms with Gasteiger partial charge in [0.15, 0.2) is 5.84 Å². The van der Waals surface area contributed by atoms with E-state index in [9.17, 15) is 4.79 Å². The Labute approximate surface area is 101 Å². The molecule has 0 bridgehead atoms. The average Bonchev–Trinajstić information content (AvgIpc) is 2.78. The second-order valence-corrected chi connectivity index (χ2v) is 5.54. The lowest BCUT2D eigenvalue weighted by atomic mass is 10.0. The van der Waals surface area contributed by atoms with Crippen molar-refractivity contribution in [2.45, 2.75) is 39.2 Å². The van der Waals surface area contributed by atoms with Gasteiger partial charge in [0.05, 0.1) is 6.04 Å². The first-order valence-electron chi connectivity index (χ1n) is 6.34. The molecule has 2 fully saturated rings. The Hall–Kier alpha value is -1.26. The molecule has 0 aliphatic heterocycles. The topological polar surface area (TPSA) is 87.7 Å². The summed E-state index contributed by atoms with van der Waals surface area (Å²) < 4.78 is 0. The molecule has 4 N–H and O–H groups in total. The maximum Gasteiger partial charge on any atom is 0.224 e. The summed E-state index contributed by atoms with van der Waals surface area (Å²) in [7, 11) is 0. The molecule has 3 unspecified atom stereocenters. The summed E-state index contributed by atoms with van der Waals surface area (Å²) in [6.07, 6.45) is 3.62. The third-order valence-corrected chi connectivity index (χ3v) is 4.11. The van der Waals surface area contributed by atoms with Crippen molar-refractivity contribution in [1.29, 1.82) is 0 Å². The smallest absolute Gasteiger partial charge is 0.224 e. The Morgan fingerprint density at radius 1 is 1.41 bits per heavy atom. The van der Waals surface area contributed by atoms with Crippen LogP contribution in [0, 0.1) is 23.7 Å². The molecule has 0 spiro atoms. The van der Waals surface area contributed by atoms with Gasteiger partial charge in [0.1, 0.15) is 0 Å². The fourth-order valence-electron chi connectivity index (χ4n) is 3.10. The molecule has 17 heavy (non-hydrogen) atoms. The van der Waals surface area contributed by atoms with Crippen LogP contribution in [-0.2, 0) is 4.79 Å². The van der Waals surface area contributed by atoms with Gasteiger partial charge in [0, 0.05) is 5.92 Å². The third-order valence-electron chi connectivity index (χ3n) is 4.11. The van der Waals surface area contributed by atoms with E-state index in [0.29, 0.717) is 11.8 Å². The predicted octanol–water partition coefficient (Wildman–Crippen LogP) is 0.920. The largest absolute Gasteiger partial charge is 0.409 e. The lowest BCUT2D eigenvalue weighted by molar-refractivity contribution is -0.123. The quantitative estimate of drug-likeness (QED) is 0.295. The molecular formula is C12H21N3O2. The van der Waals surface area contributed by atoms with Crippen LogP contribution in [0.1, 0.15) is 33.1 Å². The van der Waals surface area contributed by atoms with Gasteiger partial charge in [-0.2, -0.15) is 0 Å². The molecule has 2 aliphatic carbocycles.